The smallest absolute Gasteiger partial charge is 0.313 e. The van der Waals surface area contributed by atoms with Gasteiger partial charge in [-0.15, -0.1) is 0 Å². The lowest BCUT2D eigenvalue weighted by Gasteiger charge is -2.20. The summed E-state index contributed by atoms with van der Waals surface area (Å²) in [5.74, 6) is -0.841. The summed E-state index contributed by atoms with van der Waals surface area (Å²) in [6, 6.07) is 5.54. The van der Waals surface area contributed by atoms with Crippen molar-refractivity contribution in [1.82, 2.24) is 0 Å². The number of aryl methyl sites for hydroxylation is 1. The Balaban J connectivity index is 3.10. The minimum Gasteiger partial charge on any atom is -0.481 e. The Kier molecular flexibility index (Phi) is 3.98. The van der Waals surface area contributed by atoms with E-state index in [-0.39, 0.29) is 0 Å². The van der Waals surface area contributed by atoms with Crippen LogP contribution in [0.25, 0.3) is 0 Å². The second-order valence-corrected chi connectivity index (χ2v) is 4.89. The molecule has 0 unspecified atom stereocenters. The Bertz CT molecular complexity index is 397. The summed E-state index contributed by atoms with van der Waals surface area (Å²) >= 11 is 6.13. The molecule has 0 amide bonds. The molecule has 1 aromatic carbocycles. The summed E-state index contributed by atoms with van der Waals surface area (Å²) in [5, 5.41) is 9.78. The molecule has 0 aliphatic heterocycles. The third kappa shape index (κ3) is 2.56. The van der Waals surface area contributed by atoms with Crippen LogP contribution in [0, 0.1) is 0 Å². The Labute approximate surface area is 101 Å². The van der Waals surface area contributed by atoms with Crippen LogP contribution in [0.3, 0.4) is 0 Å². The first-order chi connectivity index (χ1) is 7.39. The molecule has 1 rings (SSSR count). The maximum Gasteiger partial charge on any atom is 0.313 e. The molecule has 2 nitrogen and oxygen atoms in total. The zero-order chi connectivity index (χ0) is 12.3. The van der Waals surface area contributed by atoms with Gasteiger partial charge in [-0.05, 0) is 37.5 Å². The fourth-order valence-electron chi connectivity index (χ4n) is 1.53. The van der Waals surface area contributed by atoms with E-state index in [9.17, 15) is 4.79 Å². The summed E-state index contributed by atoms with van der Waals surface area (Å²) in [7, 11) is 0. The van der Waals surface area contributed by atoms with E-state index in [4.69, 9.17) is 16.7 Å². The van der Waals surface area contributed by atoms with Gasteiger partial charge in [-0.25, -0.2) is 0 Å². The van der Waals surface area contributed by atoms with Crippen LogP contribution in [0.15, 0.2) is 18.2 Å². The van der Waals surface area contributed by atoms with E-state index in [2.05, 4.69) is 6.92 Å². The van der Waals surface area contributed by atoms with E-state index in [0.29, 0.717) is 5.02 Å². The van der Waals surface area contributed by atoms with Crippen LogP contribution in [0.1, 0.15) is 38.3 Å². The number of rotatable bonds is 4. The van der Waals surface area contributed by atoms with Crippen LogP contribution in [0.5, 0.6) is 0 Å². The normalized spacial score (nSPS) is 11.5. The van der Waals surface area contributed by atoms with Crippen molar-refractivity contribution in [2.24, 2.45) is 0 Å². The fraction of sp³-hybridized carbons (Fsp3) is 0.462. The van der Waals surface area contributed by atoms with Gasteiger partial charge >= 0.3 is 5.97 Å². The van der Waals surface area contributed by atoms with Gasteiger partial charge in [0.15, 0.2) is 0 Å². The van der Waals surface area contributed by atoms with Gasteiger partial charge in [-0.1, -0.05) is 37.1 Å². The number of carboxylic acids is 1. The van der Waals surface area contributed by atoms with Crippen molar-refractivity contribution in [2.45, 2.75) is 39.0 Å². The second-order valence-electron chi connectivity index (χ2n) is 4.49. The van der Waals surface area contributed by atoms with Crippen molar-refractivity contribution in [1.29, 1.82) is 0 Å². The zero-order valence-electron chi connectivity index (χ0n) is 9.88. The average molecular weight is 241 g/mol. The topological polar surface area (TPSA) is 37.3 Å². The molecule has 0 aromatic heterocycles. The first-order valence-electron chi connectivity index (χ1n) is 5.42. The number of hydrogen-bond acceptors (Lipinski definition) is 1. The van der Waals surface area contributed by atoms with Crippen molar-refractivity contribution >= 4 is 17.6 Å². The zero-order valence-corrected chi connectivity index (χ0v) is 10.6. The highest BCUT2D eigenvalue weighted by molar-refractivity contribution is 6.31. The third-order valence-electron chi connectivity index (χ3n) is 2.83. The van der Waals surface area contributed by atoms with Gasteiger partial charge in [0.25, 0.3) is 0 Å². The van der Waals surface area contributed by atoms with E-state index >= 15 is 0 Å². The molecule has 0 bridgehead atoms. The minimum absolute atomic E-state index is 0.661. The van der Waals surface area contributed by atoms with Crippen molar-refractivity contribution in [3.8, 4) is 0 Å². The lowest BCUT2D eigenvalue weighted by Crippen LogP contribution is -2.28. The Morgan fingerprint density at radius 3 is 2.50 bits per heavy atom. The lowest BCUT2D eigenvalue weighted by atomic mass is 9.84. The highest BCUT2D eigenvalue weighted by Crippen LogP contribution is 2.28. The molecule has 16 heavy (non-hydrogen) atoms. The molecule has 0 radical (unpaired) electrons. The molecule has 1 aromatic rings. The Morgan fingerprint density at radius 2 is 2.06 bits per heavy atom. The number of benzene rings is 1. The van der Waals surface area contributed by atoms with Crippen molar-refractivity contribution in [3.63, 3.8) is 0 Å². The molecule has 0 heterocycles. The fourth-order valence-corrected chi connectivity index (χ4v) is 1.81. The highest BCUT2D eigenvalue weighted by atomic mass is 35.5. The van der Waals surface area contributed by atoms with Crippen molar-refractivity contribution in [3.05, 3.63) is 34.3 Å². The van der Waals surface area contributed by atoms with Crippen molar-refractivity contribution in [2.75, 3.05) is 0 Å². The number of carbonyl (C=O) groups is 1. The summed E-state index contributed by atoms with van der Waals surface area (Å²) in [5.41, 5.74) is 0.924. The molecule has 1 N–H and O–H groups in total. The van der Waals surface area contributed by atoms with E-state index in [1.165, 1.54) is 0 Å². The van der Waals surface area contributed by atoms with Crippen molar-refractivity contribution < 1.29 is 9.90 Å². The third-order valence-corrected chi connectivity index (χ3v) is 3.18. The number of aliphatic carboxylic acids is 1. The van der Waals surface area contributed by atoms with Gasteiger partial charge in [0.05, 0.1) is 5.41 Å². The highest BCUT2D eigenvalue weighted by Gasteiger charge is 2.29. The van der Waals surface area contributed by atoms with E-state index < -0.39 is 11.4 Å². The Hall–Kier alpha value is -1.02. The Morgan fingerprint density at radius 1 is 1.44 bits per heavy atom. The van der Waals surface area contributed by atoms with E-state index in [1.54, 1.807) is 19.9 Å². The molecule has 0 aliphatic carbocycles. The number of halogens is 1. The van der Waals surface area contributed by atoms with Crippen LogP contribution in [0.4, 0.5) is 0 Å². The van der Waals surface area contributed by atoms with Gasteiger partial charge in [0.1, 0.15) is 0 Å². The quantitative estimate of drug-likeness (QED) is 0.872. The molecule has 0 atom stereocenters. The van der Waals surface area contributed by atoms with Crippen LogP contribution in [-0.4, -0.2) is 11.1 Å². The number of hydrogen-bond donors (Lipinski definition) is 1. The molecular formula is C13H17ClO2. The molecular weight excluding hydrogens is 224 g/mol. The van der Waals surface area contributed by atoms with E-state index in [0.717, 1.165) is 24.0 Å². The molecule has 0 aliphatic rings. The van der Waals surface area contributed by atoms with Gasteiger partial charge in [0, 0.05) is 5.02 Å². The number of carboxylic acid groups (broad SMARTS) is 1. The first kappa shape index (κ1) is 13.0. The average Bonchev–Trinajstić information content (AvgIpc) is 2.21. The predicted octanol–water partition coefficient (Wildman–Crippen LogP) is 3.65. The van der Waals surface area contributed by atoms with Crippen LogP contribution in [-0.2, 0) is 16.6 Å². The maximum absolute atomic E-state index is 11.1. The van der Waals surface area contributed by atoms with Crippen LogP contribution >= 0.6 is 11.6 Å². The summed E-state index contributed by atoms with van der Waals surface area (Å²) < 4.78 is 0. The SMILES string of the molecule is CCCc1ccc(C(C)(C)C(=O)O)cc1Cl. The van der Waals surface area contributed by atoms with Crippen LogP contribution < -0.4 is 0 Å². The second kappa shape index (κ2) is 4.88. The molecule has 0 fully saturated rings. The standard InChI is InChI=1S/C13H17ClO2/c1-4-5-9-6-7-10(8-11(9)14)13(2,3)12(15)16/h6-8H,4-5H2,1-3H3,(H,15,16). The van der Waals surface area contributed by atoms with Gasteiger partial charge in [0.2, 0.25) is 0 Å². The van der Waals surface area contributed by atoms with Gasteiger partial charge < -0.3 is 5.11 Å². The molecule has 0 saturated carbocycles. The van der Waals surface area contributed by atoms with Crippen LogP contribution in [0.2, 0.25) is 5.02 Å². The predicted molar refractivity (Wildman–Crippen MR) is 66.1 cm³/mol. The largest absolute Gasteiger partial charge is 0.481 e. The lowest BCUT2D eigenvalue weighted by molar-refractivity contribution is -0.142. The van der Waals surface area contributed by atoms with Gasteiger partial charge in [-0.2, -0.15) is 0 Å². The molecule has 88 valence electrons. The monoisotopic (exact) mass is 240 g/mol. The minimum atomic E-state index is -0.894. The summed E-state index contributed by atoms with van der Waals surface area (Å²) in [4.78, 5) is 11.1. The maximum atomic E-state index is 11.1. The van der Waals surface area contributed by atoms with E-state index in [1.807, 2.05) is 12.1 Å². The summed E-state index contributed by atoms with van der Waals surface area (Å²) in [6.07, 6.45) is 1.95. The molecule has 0 spiro atoms. The summed E-state index contributed by atoms with van der Waals surface area (Å²) in [6.45, 7) is 5.45. The van der Waals surface area contributed by atoms with Gasteiger partial charge in [-0.3, -0.25) is 4.79 Å². The molecule has 3 heteroatoms. The molecule has 0 saturated heterocycles. The first-order valence-corrected chi connectivity index (χ1v) is 5.79.